The number of carbonyl (C=O) groups is 1. The van der Waals surface area contributed by atoms with Crippen LogP contribution in [-0.4, -0.2) is 20.1 Å². The van der Waals surface area contributed by atoms with Crippen molar-refractivity contribution >= 4 is 32.2 Å². The van der Waals surface area contributed by atoms with Gasteiger partial charge in [0.05, 0.1) is 10.6 Å². The van der Waals surface area contributed by atoms with E-state index in [1.165, 1.54) is 0 Å². The number of fused-ring (bicyclic) bond motifs is 1. The average Bonchev–Trinajstić information content (AvgIpc) is 2.60. The van der Waals surface area contributed by atoms with Crippen LogP contribution in [0.4, 0.5) is 5.69 Å². The standard InChI is InChI=1S/C20H19NO3S/c1-15-6-10-19(11-7-15)25(23,24)13-12-20(22)21-18-9-8-16-4-2-3-5-17(16)14-18/h2-11,14H,12-13H2,1H3,(H,21,22). The number of rotatable bonds is 5. The van der Waals surface area contributed by atoms with Crippen LogP contribution >= 0.6 is 0 Å². The topological polar surface area (TPSA) is 63.2 Å². The molecule has 0 saturated carbocycles. The lowest BCUT2D eigenvalue weighted by molar-refractivity contribution is -0.115. The van der Waals surface area contributed by atoms with Crippen molar-refractivity contribution in [1.82, 2.24) is 0 Å². The van der Waals surface area contributed by atoms with E-state index >= 15 is 0 Å². The zero-order valence-electron chi connectivity index (χ0n) is 13.9. The van der Waals surface area contributed by atoms with E-state index in [0.717, 1.165) is 16.3 Å². The van der Waals surface area contributed by atoms with Gasteiger partial charge in [0, 0.05) is 12.1 Å². The van der Waals surface area contributed by atoms with Gasteiger partial charge in [-0.2, -0.15) is 0 Å². The van der Waals surface area contributed by atoms with Crippen LogP contribution in [0.3, 0.4) is 0 Å². The van der Waals surface area contributed by atoms with Gasteiger partial charge in [-0.05, 0) is 42.0 Å². The molecule has 0 aliphatic rings. The van der Waals surface area contributed by atoms with E-state index in [2.05, 4.69) is 5.32 Å². The van der Waals surface area contributed by atoms with Crippen LogP contribution in [0, 0.1) is 6.92 Å². The molecule has 0 radical (unpaired) electrons. The molecule has 25 heavy (non-hydrogen) atoms. The number of aryl methyl sites for hydroxylation is 1. The molecular formula is C20H19NO3S. The Balaban J connectivity index is 1.64. The number of sulfone groups is 1. The van der Waals surface area contributed by atoms with Crippen LogP contribution in [0.5, 0.6) is 0 Å². The Morgan fingerprint density at radius 2 is 1.60 bits per heavy atom. The van der Waals surface area contributed by atoms with Gasteiger partial charge in [-0.1, -0.05) is 48.0 Å². The highest BCUT2D eigenvalue weighted by atomic mass is 32.2. The summed E-state index contributed by atoms with van der Waals surface area (Å²) in [6, 6.07) is 20.1. The minimum atomic E-state index is -3.46. The van der Waals surface area contributed by atoms with Crippen LogP contribution in [-0.2, 0) is 14.6 Å². The third-order valence-corrected chi connectivity index (χ3v) is 5.74. The van der Waals surface area contributed by atoms with Crippen molar-refractivity contribution in [1.29, 1.82) is 0 Å². The molecule has 0 bridgehead atoms. The number of carbonyl (C=O) groups excluding carboxylic acids is 1. The number of benzene rings is 3. The summed E-state index contributed by atoms with van der Waals surface area (Å²) in [6.45, 7) is 1.90. The second-order valence-electron chi connectivity index (χ2n) is 5.99. The lowest BCUT2D eigenvalue weighted by atomic mass is 10.1. The van der Waals surface area contributed by atoms with Gasteiger partial charge in [-0.15, -0.1) is 0 Å². The summed E-state index contributed by atoms with van der Waals surface area (Å²) in [5.41, 5.74) is 1.66. The van der Waals surface area contributed by atoms with Gasteiger partial charge >= 0.3 is 0 Å². The van der Waals surface area contributed by atoms with Crippen molar-refractivity contribution in [2.45, 2.75) is 18.2 Å². The Hall–Kier alpha value is -2.66. The van der Waals surface area contributed by atoms with Crippen LogP contribution in [0.25, 0.3) is 10.8 Å². The van der Waals surface area contributed by atoms with Crippen molar-refractivity contribution in [3.05, 3.63) is 72.3 Å². The van der Waals surface area contributed by atoms with Crippen molar-refractivity contribution in [3.63, 3.8) is 0 Å². The van der Waals surface area contributed by atoms with E-state index in [-0.39, 0.29) is 23.0 Å². The van der Waals surface area contributed by atoms with E-state index in [1.807, 2.05) is 49.4 Å². The number of amides is 1. The van der Waals surface area contributed by atoms with Gasteiger partial charge in [-0.25, -0.2) is 8.42 Å². The van der Waals surface area contributed by atoms with Crippen molar-refractivity contribution in [2.75, 3.05) is 11.1 Å². The summed E-state index contributed by atoms with van der Waals surface area (Å²) in [4.78, 5) is 12.4. The summed E-state index contributed by atoms with van der Waals surface area (Å²) in [6.07, 6.45) is -0.0803. The summed E-state index contributed by atoms with van der Waals surface area (Å²) >= 11 is 0. The monoisotopic (exact) mass is 353 g/mol. The highest BCUT2D eigenvalue weighted by Crippen LogP contribution is 2.19. The predicted octanol–water partition coefficient (Wildman–Crippen LogP) is 3.95. The largest absolute Gasteiger partial charge is 0.326 e. The van der Waals surface area contributed by atoms with Crippen molar-refractivity contribution < 1.29 is 13.2 Å². The normalized spacial score (nSPS) is 11.4. The molecule has 0 aliphatic carbocycles. The molecule has 0 atom stereocenters. The highest BCUT2D eigenvalue weighted by molar-refractivity contribution is 7.91. The molecule has 0 fully saturated rings. The number of nitrogens with one attached hydrogen (secondary N) is 1. The van der Waals surface area contributed by atoms with E-state index < -0.39 is 9.84 Å². The molecule has 128 valence electrons. The first kappa shape index (κ1) is 17.2. The highest BCUT2D eigenvalue weighted by Gasteiger charge is 2.16. The average molecular weight is 353 g/mol. The molecule has 0 heterocycles. The van der Waals surface area contributed by atoms with E-state index in [0.29, 0.717) is 5.69 Å². The lowest BCUT2D eigenvalue weighted by Gasteiger charge is -2.08. The minimum absolute atomic E-state index is 0.0803. The number of hydrogen-bond donors (Lipinski definition) is 1. The summed E-state index contributed by atoms with van der Waals surface area (Å²) in [5, 5.41) is 4.87. The van der Waals surface area contributed by atoms with Gasteiger partial charge in [0.15, 0.2) is 9.84 Å². The maximum Gasteiger partial charge on any atom is 0.225 e. The number of anilines is 1. The van der Waals surface area contributed by atoms with Crippen LogP contribution in [0.2, 0.25) is 0 Å². The van der Waals surface area contributed by atoms with Gasteiger partial charge in [0.25, 0.3) is 0 Å². The Labute approximate surface area is 147 Å². The summed E-state index contributed by atoms with van der Waals surface area (Å²) in [7, 11) is -3.46. The Morgan fingerprint density at radius 3 is 2.32 bits per heavy atom. The fraction of sp³-hybridized carbons (Fsp3) is 0.150. The first-order chi connectivity index (χ1) is 11.9. The third-order valence-electron chi connectivity index (χ3n) is 4.01. The molecule has 1 amide bonds. The lowest BCUT2D eigenvalue weighted by Crippen LogP contribution is -2.17. The van der Waals surface area contributed by atoms with E-state index in [4.69, 9.17) is 0 Å². The molecule has 3 aromatic carbocycles. The second-order valence-corrected chi connectivity index (χ2v) is 8.10. The molecule has 1 N–H and O–H groups in total. The van der Waals surface area contributed by atoms with Gasteiger partial charge in [-0.3, -0.25) is 4.79 Å². The zero-order chi connectivity index (χ0) is 17.9. The van der Waals surface area contributed by atoms with Gasteiger partial charge in [0.1, 0.15) is 0 Å². The maximum atomic E-state index is 12.3. The number of hydrogen-bond acceptors (Lipinski definition) is 3. The van der Waals surface area contributed by atoms with Gasteiger partial charge in [0.2, 0.25) is 5.91 Å². The Kier molecular flexibility index (Phi) is 4.86. The molecule has 4 nitrogen and oxygen atoms in total. The molecule has 0 spiro atoms. The van der Waals surface area contributed by atoms with E-state index in [9.17, 15) is 13.2 Å². The molecule has 0 aromatic heterocycles. The van der Waals surface area contributed by atoms with Crippen molar-refractivity contribution in [3.8, 4) is 0 Å². The van der Waals surface area contributed by atoms with Crippen molar-refractivity contribution in [2.24, 2.45) is 0 Å². The fourth-order valence-electron chi connectivity index (χ4n) is 2.58. The SMILES string of the molecule is Cc1ccc(S(=O)(=O)CCC(=O)Nc2ccc3ccccc3c2)cc1. The molecule has 3 rings (SSSR count). The van der Waals surface area contributed by atoms with Crippen LogP contribution in [0.15, 0.2) is 71.6 Å². The first-order valence-electron chi connectivity index (χ1n) is 8.02. The fourth-order valence-corrected chi connectivity index (χ4v) is 3.82. The molecular weight excluding hydrogens is 334 g/mol. The smallest absolute Gasteiger partial charge is 0.225 e. The Morgan fingerprint density at radius 1 is 0.920 bits per heavy atom. The summed E-state index contributed by atoms with van der Waals surface area (Å²) < 4.78 is 24.6. The predicted molar refractivity (Wildman–Crippen MR) is 100 cm³/mol. The quantitative estimate of drug-likeness (QED) is 0.755. The minimum Gasteiger partial charge on any atom is -0.326 e. The van der Waals surface area contributed by atoms with E-state index in [1.54, 1.807) is 24.3 Å². The zero-order valence-corrected chi connectivity index (χ0v) is 14.7. The first-order valence-corrected chi connectivity index (χ1v) is 9.67. The Bertz CT molecular complexity index is 1010. The second kappa shape index (κ2) is 7.07. The molecule has 0 saturated heterocycles. The summed E-state index contributed by atoms with van der Waals surface area (Å²) in [5.74, 6) is -0.527. The van der Waals surface area contributed by atoms with Crippen LogP contribution < -0.4 is 5.32 Å². The maximum absolute atomic E-state index is 12.3. The van der Waals surface area contributed by atoms with Crippen LogP contribution in [0.1, 0.15) is 12.0 Å². The third kappa shape index (κ3) is 4.25. The van der Waals surface area contributed by atoms with Gasteiger partial charge < -0.3 is 5.32 Å². The molecule has 3 aromatic rings. The molecule has 0 aliphatic heterocycles. The molecule has 0 unspecified atom stereocenters. The molecule has 5 heteroatoms.